The number of nitrogens with one attached hydrogen (secondary N) is 1. The summed E-state index contributed by atoms with van der Waals surface area (Å²) in [4.78, 5) is 11.9. The number of nitrogens with zero attached hydrogens (tertiary/aromatic N) is 1. The van der Waals surface area contributed by atoms with Crippen molar-refractivity contribution in [2.75, 3.05) is 0 Å². The van der Waals surface area contributed by atoms with Crippen LogP contribution < -0.4 is 5.43 Å². The molecule has 3 heteroatoms. The Morgan fingerprint density at radius 1 is 1.26 bits per heavy atom. The third-order valence-corrected chi connectivity index (χ3v) is 3.79. The second-order valence-electron chi connectivity index (χ2n) is 5.35. The Hall–Kier alpha value is -1.64. The van der Waals surface area contributed by atoms with Gasteiger partial charge in [-0.1, -0.05) is 26.0 Å². The molecule has 0 saturated heterocycles. The number of hydrazone groups is 1. The molecule has 2 rings (SSSR count). The molecule has 0 heterocycles. The fraction of sp³-hybridized carbons (Fsp3) is 0.500. The Balaban J connectivity index is 1.91. The first-order chi connectivity index (χ1) is 9.19. The molecular formula is C16H22N2O. The van der Waals surface area contributed by atoms with Crippen molar-refractivity contribution in [3.05, 3.63) is 35.4 Å². The van der Waals surface area contributed by atoms with Gasteiger partial charge in [0.1, 0.15) is 0 Å². The molecule has 1 N–H and O–H groups in total. The lowest BCUT2D eigenvalue weighted by Gasteiger charge is -2.18. The van der Waals surface area contributed by atoms with E-state index in [4.69, 9.17) is 0 Å². The predicted molar refractivity (Wildman–Crippen MR) is 78.4 cm³/mol. The normalized spacial score (nSPS) is 19.1. The second kappa shape index (κ2) is 6.50. The van der Waals surface area contributed by atoms with E-state index < -0.39 is 0 Å². The van der Waals surface area contributed by atoms with Crippen LogP contribution in [0.25, 0.3) is 0 Å². The predicted octanol–water partition coefficient (Wildman–Crippen LogP) is 3.54. The molecule has 1 fully saturated rings. The Kier molecular flexibility index (Phi) is 4.72. The van der Waals surface area contributed by atoms with Gasteiger partial charge in [-0.2, -0.15) is 5.10 Å². The van der Waals surface area contributed by atoms with Crippen LogP contribution >= 0.6 is 0 Å². The Morgan fingerprint density at radius 2 is 1.89 bits per heavy atom. The smallest absolute Gasteiger partial charge is 0.267 e. The number of hydrogen-bond acceptors (Lipinski definition) is 2. The molecule has 1 aromatic rings. The highest BCUT2D eigenvalue weighted by molar-refractivity contribution is 5.95. The van der Waals surface area contributed by atoms with Crippen LogP contribution in [0, 0.1) is 5.92 Å². The molecule has 1 aliphatic carbocycles. The molecule has 1 amide bonds. The summed E-state index contributed by atoms with van der Waals surface area (Å²) in [5.41, 5.74) is 5.70. The van der Waals surface area contributed by atoms with E-state index in [0.29, 0.717) is 5.56 Å². The summed E-state index contributed by atoms with van der Waals surface area (Å²) in [5, 5.41) is 4.25. The first-order valence-corrected chi connectivity index (χ1v) is 7.13. The van der Waals surface area contributed by atoms with Crippen molar-refractivity contribution in [2.45, 2.75) is 46.0 Å². The number of rotatable bonds is 3. The number of benzene rings is 1. The summed E-state index contributed by atoms with van der Waals surface area (Å²) in [7, 11) is 0. The maximum Gasteiger partial charge on any atom is 0.271 e. The van der Waals surface area contributed by atoms with Crippen LogP contribution in [-0.2, 0) is 6.42 Å². The quantitative estimate of drug-likeness (QED) is 0.828. The van der Waals surface area contributed by atoms with E-state index in [2.05, 4.69) is 24.4 Å². The van der Waals surface area contributed by atoms with Crippen molar-refractivity contribution in [1.29, 1.82) is 0 Å². The van der Waals surface area contributed by atoms with E-state index in [1.165, 1.54) is 18.4 Å². The molecule has 0 unspecified atom stereocenters. The van der Waals surface area contributed by atoms with Gasteiger partial charge in [0.15, 0.2) is 0 Å². The monoisotopic (exact) mass is 258 g/mol. The highest BCUT2D eigenvalue weighted by atomic mass is 16.2. The van der Waals surface area contributed by atoms with Gasteiger partial charge in [-0.05, 0) is 55.7 Å². The van der Waals surface area contributed by atoms with Gasteiger partial charge in [-0.25, -0.2) is 5.43 Å². The van der Waals surface area contributed by atoms with E-state index in [9.17, 15) is 4.79 Å². The molecular weight excluding hydrogens is 236 g/mol. The van der Waals surface area contributed by atoms with Crippen molar-refractivity contribution in [3.8, 4) is 0 Å². The largest absolute Gasteiger partial charge is 0.271 e. The van der Waals surface area contributed by atoms with Gasteiger partial charge in [0.05, 0.1) is 0 Å². The van der Waals surface area contributed by atoms with Crippen LogP contribution in [0.2, 0.25) is 0 Å². The summed E-state index contributed by atoms with van der Waals surface area (Å²) in [5.74, 6) is 0.671. The molecule has 0 aliphatic heterocycles. The first-order valence-electron chi connectivity index (χ1n) is 7.13. The van der Waals surface area contributed by atoms with Crippen LogP contribution in [0.5, 0.6) is 0 Å². The number of carbonyl (C=O) groups excluding carboxylic acids is 1. The Bertz CT molecular complexity index is 452. The topological polar surface area (TPSA) is 41.5 Å². The van der Waals surface area contributed by atoms with E-state index in [0.717, 1.165) is 30.9 Å². The maximum atomic E-state index is 11.9. The van der Waals surface area contributed by atoms with Gasteiger partial charge in [-0.3, -0.25) is 4.79 Å². The van der Waals surface area contributed by atoms with Crippen molar-refractivity contribution in [1.82, 2.24) is 5.43 Å². The average Bonchev–Trinajstić information content (AvgIpc) is 2.46. The summed E-state index contributed by atoms with van der Waals surface area (Å²) >= 11 is 0. The molecule has 0 bridgehead atoms. The van der Waals surface area contributed by atoms with Gasteiger partial charge < -0.3 is 0 Å². The molecule has 0 atom stereocenters. The minimum Gasteiger partial charge on any atom is -0.267 e. The summed E-state index contributed by atoms with van der Waals surface area (Å²) in [6, 6.07) is 7.70. The SMILES string of the molecule is CCc1ccc(C(=O)NN=C2CCC(C)CC2)cc1. The van der Waals surface area contributed by atoms with E-state index in [-0.39, 0.29) is 5.91 Å². The van der Waals surface area contributed by atoms with E-state index in [1.807, 2.05) is 24.3 Å². The lowest BCUT2D eigenvalue weighted by molar-refractivity contribution is 0.0954. The minimum atomic E-state index is -0.117. The lowest BCUT2D eigenvalue weighted by atomic mass is 9.90. The van der Waals surface area contributed by atoms with Crippen LogP contribution in [0.15, 0.2) is 29.4 Å². The van der Waals surface area contributed by atoms with Gasteiger partial charge >= 0.3 is 0 Å². The summed E-state index contributed by atoms with van der Waals surface area (Å²) in [6.45, 7) is 4.37. The zero-order valence-corrected chi connectivity index (χ0v) is 11.8. The van der Waals surface area contributed by atoms with Gasteiger partial charge in [-0.15, -0.1) is 0 Å². The summed E-state index contributed by atoms with van der Waals surface area (Å²) in [6.07, 6.45) is 5.37. The van der Waals surface area contributed by atoms with E-state index >= 15 is 0 Å². The standard InChI is InChI=1S/C16H22N2O/c1-3-13-6-8-14(9-7-13)16(19)18-17-15-10-4-12(2)5-11-15/h6-9,12H,3-5,10-11H2,1-2H3,(H,18,19). The summed E-state index contributed by atoms with van der Waals surface area (Å²) < 4.78 is 0. The zero-order chi connectivity index (χ0) is 13.7. The number of hydrogen-bond donors (Lipinski definition) is 1. The van der Waals surface area contributed by atoms with Crippen LogP contribution in [0.4, 0.5) is 0 Å². The van der Waals surface area contributed by atoms with Crippen LogP contribution in [0.3, 0.4) is 0 Å². The molecule has 3 nitrogen and oxygen atoms in total. The van der Waals surface area contributed by atoms with Crippen molar-refractivity contribution in [2.24, 2.45) is 11.0 Å². The molecule has 0 aromatic heterocycles. The molecule has 1 aromatic carbocycles. The number of amides is 1. The van der Waals surface area contributed by atoms with Crippen molar-refractivity contribution < 1.29 is 4.79 Å². The molecule has 1 saturated carbocycles. The maximum absolute atomic E-state index is 11.9. The molecule has 0 radical (unpaired) electrons. The third-order valence-electron chi connectivity index (χ3n) is 3.79. The second-order valence-corrected chi connectivity index (χ2v) is 5.35. The molecule has 19 heavy (non-hydrogen) atoms. The highest BCUT2D eigenvalue weighted by Crippen LogP contribution is 2.21. The van der Waals surface area contributed by atoms with Gasteiger partial charge in [0, 0.05) is 11.3 Å². The number of aryl methyl sites for hydroxylation is 1. The molecule has 0 spiro atoms. The fourth-order valence-electron chi connectivity index (χ4n) is 2.29. The highest BCUT2D eigenvalue weighted by Gasteiger charge is 2.13. The molecule has 102 valence electrons. The Morgan fingerprint density at radius 3 is 2.47 bits per heavy atom. The Labute approximate surface area is 115 Å². The van der Waals surface area contributed by atoms with Gasteiger partial charge in [0.2, 0.25) is 0 Å². The third kappa shape index (κ3) is 3.91. The van der Waals surface area contributed by atoms with E-state index in [1.54, 1.807) is 0 Å². The van der Waals surface area contributed by atoms with Crippen molar-refractivity contribution in [3.63, 3.8) is 0 Å². The van der Waals surface area contributed by atoms with Gasteiger partial charge in [0.25, 0.3) is 5.91 Å². The molecule has 1 aliphatic rings. The first kappa shape index (κ1) is 13.8. The fourth-order valence-corrected chi connectivity index (χ4v) is 2.29. The minimum absolute atomic E-state index is 0.117. The average molecular weight is 258 g/mol. The van der Waals surface area contributed by atoms with Crippen molar-refractivity contribution >= 4 is 11.6 Å². The van der Waals surface area contributed by atoms with Crippen LogP contribution in [-0.4, -0.2) is 11.6 Å². The zero-order valence-electron chi connectivity index (χ0n) is 11.8. The number of carbonyl (C=O) groups is 1. The van der Waals surface area contributed by atoms with Crippen LogP contribution in [0.1, 0.15) is 55.5 Å². The lowest BCUT2D eigenvalue weighted by Crippen LogP contribution is -2.21.